The molecule has 0 saturated heterocycles. The number of allylic oxidation sites excluding steroid dienone is 6. The van der Waals surface area contributed by atoms with Gasteiger partial charge in [-0.2, -0.15) is 0 Å². The monoisotopic (exact) mass is 548 g/mol. The standard InChI is InChI=1S/C31H52N2O6/c1-3-5-6-7-8-9-10-11-12-13-14-15-16-17-18-20-29(34)37-25-28(39-31(36)21-19-24-32)26-38-30(35)23-22-27(33)4-2/h4-6,8-9,11-12,27-28H,2-3,7,10,13-26,32-33H2,1H3/b6-5-,9-8-,12-11-. The van der Waals surface area contributed by atoms with E-state index < -0.39 is 18.0 Å². The molecule has 0 radical (unpaired) electrons. The molecule has 0 rings (SSSR count). The minimum atomic E-state index is -0.863. The van der Waals surface area contributed by atoms with Crippen LogP contribution >= 0.6 is 0 Å². The van der Waals surface area contributed by atoms with Crippen LogP contribution in [0.5, 0.6) is 0 Å². The Bertz CT molecular complexity index is 747. The van der Waals surface area contributed by atoms with Crippen LogP contribution in [0, 0.1) is 0 Å². The fourth-order valence-electron chi connectivity index (χ4n) is 3.41. The Balaban J connectivity index is 4.11. The number of carbonyl (C=O) groups is 3. The molecule has 0 aliphatic heterocycles. The first-order valence-corrected chi connectivity index (χ1v) is 14.5. The Hall–Kier alpha value is -2.71. The first-order chi connectivity index (χ1) is 18.9. The summed E-state index contributed by atoms with van der Waals surface area (Å²) < 4.78 is 15.8. The van der Waals surface area contributed by atoms with Crippen molar-refractivity contribution in [3.8, 4) is 0 Å². The van der Waals surface area contributed by atoms with E-state index in [1.165, 1.54) is 0 Å². The summed E-state index contributed by atoms with van der Waals surface area (Å²) in [6, 6.07) is -0.296. The second-order valence-electron chi connectivity index (χ2n) is 9.41. The molecule has 2 unspecified atom stereocenters. The fraction of sp³-hybridized carbons (Fsp3) is 0.645. The Morgan fingerprint density at radius 1 is 0.744 bits per heavy atom. The van der Waals surface area contributed by atoms with Gasteiger partial charge in [-0.1, -0.05) is 68.7 Å². The van der Waals surface area contributed by atoms with Crippen LogP contribution in [0.15, 0.2) is 49.1 Å². The topological polar surface area (TPSA) is 131 Å². The molecule has 8 nitrogen and oxygen atoms in total. The van der Waals surface area contributed by atoms with E-state index in [0.29, 0.717) is 25.8 Å². The number of hydrogen-bond acceptors (Lipinski definition) is 8. The lowest BCUT2D eigenvalue weighted by Crippen LogP contribution is -2.31. The number of nitrogens with two attached hydrogens (primary N) is 2. The van der Waals surface area contributed by atoms with Gasteiger partial charge in [-0.05, 0) is 57.9 Å². The second-order valence-corrected chi connectivity index (χ2v) is 9.41. The molecule has 222 valence electrons. The molecule has 0 aromatic heterocycles. The van der Waals surface area contributed by atoms with Gasteiger partial charge >= 0.3 is 17.9 Å². The molecule has 4 N–H and O–H groups in total. The lowest BCUT2D eigenvalue weighted by Gasteiger charge is -2.18. The highest BCUT2D eigenvalue weighted by Gasteiger charge is 2.19. The fourth-order valence-corrected chi connectivity index (χ4v) is 3.41. The van der Waals surface area contributed by atoms with E-state index in [2.05, 4.69) is 50.0 Å². The van der Waals surface area contributed by atoms with Crippen molar-refractivity contribution in [3.63, 3.8) is 0 Å². The zero-order valence-electron chi connectivity index (χ0n) is 24.0. The summed E-state index contributed by atoms with van der Waals surface area (Å²) in [6.07, 6.45) is 24.5. The summed E-state index contributed by atoms with van der Waals surface area (Å²) in [5.74, 6) is -1.30. The number of hydrogen-bond donors (Lipinski definition) is 2. The van der Waals surface area contributed by atoms with Gasteiger partial charge in [-0.15, -0.1) is 6.58 Å². The lowest BCUT2D eigenvalue weighted by molar-refractivity contribution is -0.167. The van der Waals surface area contributed by atoms with Gasteiger partial charge in [0.15, 0.2) is 6.10 Å². The summed E-state index contributed by atoms with van der Waals surface area (Å²) in [6.45, 7) is 5.72. The lowest BCUT2D eigenvalue weighted by atomic mass is 10.1. The smallest absolute Gasteiger partial charge is 0.306 e. The molecule has 8 heteroatoms. The first kappa shape index (κ1) is 36.3. The minimum absolute atomic E-state index is 0.117. The Labute approximate surface area is 235 Å². The van der Waals surface area contributed by atoms with Gasteiger partial charge in [-0.3, -0.25) is 14.4 Å². The van der Waals surface area contributed by atoms with E-state index in [-0.39, 0.29) is 38.1 Å². The Kier molecular flexibility index (Phi) is 25.0. The summed E-state index contributed by atoms with van der Waals surface area (Å²) in [4.78, 5) is 36.1. The Morgan fingerprint density at radius 3 is 1.95 bits per heavy atom. The summed E-state index contributed by atoms with van der Waals surface area (Å²) in [7, 11) is 0. The molecule has 0 bridgehead atoms. The highest BCUT2D eigenvalue weighted by Crippen LogP contribution is 2.10. The van der Waals surface area contributed by atoms with Crippen molar-refractivity contribution in [1.82, 2.24) is 0 Å². The quantitative estimate of drug-likeness (QED) is 0.0652. The van der Waals surface area contributed by atoms with E-state index in [1.807, 2.05) is 0 Å². The van der Waals surface area contributed by atoms with Crippen LogP contribution in [-0.4, -0.2) is 49.8 Å². The number of carbonyl (C=O) groups excluding carboxylic acids is 3. The van der Waals surface area contributed by atoms with Crippen molar-refractivity contribution in [3.05, 3.63) is 49.1 Å². The minimum Gasteiger partial charge on any atom is -0.462 e. The van der Waals surface area contributed by atoms with Crippen LogP contribution in [0.1, 0.15) is 96.8 Å². The first-order valence-electron chi connectivity index (χ1n) is 14.5. The molecule has 0 aromatic carbocycles. The predicted octanol–water partition coefficient (Wildman–Crippen LogP) is 5.61. The largest absolute Gasteiger partial charge is 0.462 e. The summed E-state index contributed by atoms with van der Waals surface area (Å²) in [5.41, 5.74) is 11.1. The van der Waals surface area contributed by atoms with Gasteiger partial charge in [0, 0.05) is 25.3 Å². The van der Waals surface area contributed by atoms with E-state index in [0.717, 1.165) is 57.8 Å². The molecule has 0 aliphatic rings. The van der Waals surface area contributed by atoms with Gasteiger partial charge < -0.3 is 25.7 Å². The second kappa shape index (κ2) is 26.9. The number of unbranched alkanes of at least 4 members (excludes halogenated alkanes) is 5. The van der Waals surface area contributed by atoms with Crippen molar-refractivity contribution in [1.29, 1.82) is 0 Å². The van der Waals surface area contributed by atoms with Crippen molar-refractivity contribution >= 4 is 17.9 Å². The third-order valence-corrected chi connectivity index (χ3v) is 5.76. The molecule has 0 aromatic rings. The van der Waals surface area contributed by atoms with Gasteiger partial charge in [0.05, 0.1) is 0 Å². The molecule has 0 heterocycles. The Morgan fingerprint density at radius 2 is 1.31 bits per heavy atom. The molecular formula is C31H52N2O6. The van der Waals surface area contributed by atoms with Crippen molar-refractivity contribution in [2.24, 2.45) is 11.5 Å². The van der Waals surface area contributed by atoms with Crippen LogP contribution < -0.4 is 11.5 Å². The molecule has 2 atom stereocenters. The van der Waals surface area contributed by atoms with Crippen LogP contribution in [0.4, 0.5) is 0 Å². The number of esters is 3. The molecular weight excluding hydrogens is 496 g/mol. The highest BCUT2D eigenvalue weighted by atomic mass is 16.6. The van der Waals surface area contributed by atoms with E-state index >= 15 is 0 Å². The maximum atomic E-state index is 12.2. The molecule has 0 fully saturated rings. The van der Waals surface area contributed by atoms with Gasteiger partial charge in [0.1, 0.15) is 13.2 Å². The van der Waals surface area contributed by atoms with Gasteiger partial charge in [-0.25, -0.2) is 0 Å². The third-order valence-electron chi connectivity index (χ3n) is 5.76. The number of rotatable bonds is 25. The van der Waals surface area contributed by atoms with Crippen molar-refractivity contribution < 1.29 is 28.6 Å². The third kappa shape index (κ3) is 25.3. The van der Waals surface area contributed by atoms with E-state index in [4.69, 9.17) is 25.7 Å². The average Bonchev–Trinajstić information content (AvgIpc) is 2.93. The molecule has 0 saturated carbocycles. The zero-order chi connectivity index (χ0) is 29.0. The van der Waals surface area contributed by atoms with Crippen molar-refractivity contribution in [2.45, 2.75) is 109 Å². The molecule has 0 spiro atoms. The maximum absolute atomic E-state index is 12.2. The average molecular weight is 549 g/mol. The van der Waals surface area contributed by atoms with Crippen LogP contribution in [0.3, 0.4) is 0 Å². The van der Waals surface area contributed by atoms with Crippen LogP contribution in [0.2, 0.25) is 0 Å². The maximum Gasteiger partial charge on any atom is 0.306 e. The highest BCUT2D eigenvalue weighted by molar-refractivity contribution is 5.71. The van der Waals surface area contributed by atoms with Crippen molar-refractivity contribution in [2.75, 3.05) is 19.8 Å². The normalized spacial score (nSPS) is 13.1. The molecule has 0 aliphatic carbocycles. The SMILES string of the molecule is C=CC(N)CCC(=O)OCC(COC(=O)CCCCCCC/C=C\C/C=C\C/C=C\CC)OC(=O)CCCN. The van der Waals surface area contributed by atoms with E-state index in [9.17, 15) is 14.4 Å². The van der Waals surface area contributed by atoms with Gasteiger partial charge in [0.2, 0.25) is 0 Å². The predicted molar refractivity (Wildman–Crippen MR) is 157 cm³/mol. The van der Waals surface area contributed by atoms with E-state index in [1.54, 1.807) is 6.08 Å². The zero-order valence-corrected chi connectivity index (χ0v) is 24.0. The number of ether oxygens (including phenoxy) is 3. The van der Waals surface area contributed by atoms with Crippen LogP contribution in [-0.2, 0) is 28.6 Å². The summed E-state index contributed by atoms with van der Waals surface area (Å²) in [5, 5.41) is 0. The van der Waals surface area contributed by atoms with Crippen LogP contribution in [0.25, 0.3) is 0 Å². The molecule has 0 amide bonds. The van der Waals surface area contributed by atoms with Gasteiger partial charge in [0.25, 0.3) is 0 Å². The molecule has 39 heavy (non-hydrogen) atoms. The summed E-state index contributed by atoms with van der Waals surface area (Å²) >= 11 is 0.